The van der Waals surface area contributed by atoms with Crippen molar-refractivity contribution < 1.29 is 59.5 Å². The van der Waals surface area contributed by atoms with Gasteiger partial charge in [-0.1, -0.05) is 0 Å². The molecule has 0 aromatic carbocycles. The maximum atomic E-state index is 10.8. The second-order valence-electron chi connectivity index (χ2n) is 2.29. The molecule has 0 spiro atoms. The van der Waals surface area contributed by atoms with Crippen molar-refractivity contribution in [1.29, 1.82) is 0 Å². The van der Waals surface area contributed by atoms with Crippen molar-refractivity contribution in [2.45, 2.75) is 12.2 Å². The Hall–Kier alpha value is 0.210. The number of carbonyl (C=O) groups is 1. The molecule has 0 aliphatic carbocycles. The van der Waals surface area contributed by atoms with E-state index in [1.54, 1.807) is 0 Å². The predicted molar refractivity (Wildman–Crippen MR) is 42.9 cm³/mol. The summed E-state index contributed by atoms with van der Waals surface area (Å²) >= 11 is 0. The maximum Gasteiger partial charge on any atom is 1.00 e. The fraction of sp³-hybridized carbons (Fsp3) is 0.500. The van der Waals surface area contributed by atoms with Gasteiger partial charge in [0.25, 0.3) is 0 Å². The number of cyclic esters (lactones) is 1. The van der Waals surface area contributed by atoms with E-state index in [9.17, 15) is 9.90 Å². The van der Waals surface area contributed by atoms with Crippen LogP contribution in [-0.2, 0) is 9.53 Å². The van der Waals surface area contributed by atoms with Gasteiger partial charge in [0.15, 0.2) is 5.76 Å². The molecule has 6 nitrogen and oxygen atoms in total. The zero-order chi connectivity index (χ0) is 9.30. The van der Waals surface area contributed by atoms with Gasteiger partial charge in [0, 0.05) is 0 Å². The largest absolute Gasteiger partial charge is 1.00 e. The Morgan fingerprint density at radius 1 is 1.57 bits per heavy atom. The van der Waals surface area contributed by atoms with Crippen molar-refractivity contribution in [3.8, 4) is 0 Å². The summed E-state index contributed by atoms with van der Waals surface area (Å²) in [4.78, 5) is 10.5. The number of ether oxygens (including phenoxy) is 1. The van der Waals surface area contributed by atoms with Crippen molar-refractivity contribution in [2.24, 2.45) is 0 Å². The maximum absolute atomic E-state index is 10.8. The van der Waals surface area contributed by atoms with Crippen LogP contribution in [0, 0.1) is 0 Å². The molecule has 3 N–H and O–H groups in total. The molecular weight excluding hydrogens is 271 g/mol. The quantitative estimate of drug-likeness (QED) is 0.345. The molecule has 8 heteroatoms. The molecule has 1 rings (SSSR count). The number of aliphatic hydroxyl groups is 3. The Morgan fingerprint density at radius 3 is 2.36 bits per heavy atom. The minimum absolute atomic E-state index is 0. The van der Waals surface area contributed by atoms with Gasteiger partial charge in [-0.3, -0.25) is 0 Å². The van der Waals surface area contributed by atoms with Gasteiger partial charge in [-0.2, -0.15) is 0 Å². The average Bonchev–Trinajstić information content (AvgIpc) is 2.32. The summed E-state index contributed by atoms with van der Waals surface area (Å²) in [7, 11) is 0. The van der Waals surface area contributed by atoms with E-state index in [1.165, 1.54) is 0 Å². The van der Waals surface area contributed by atoms with Crippen molar-refractivity contribution >= 4 is 23.0 Å². The standard InChI is InChI=1S/C6H8O6.BrH.Na/c7-1-2(8)5-3(9)4(10)6(11)12-5;;/h2,5,7-10H,1H2;1H;/q;;+1/p-1/t2-,5+;;/m0../s1. The average molecular weight is 279 g/mol. The summed E-state index contributed by atoms with van der Waals surface area (Å²) in [5.74, 6) is -3.20. The molecule has 0 amide bonds. The van der Waals surface area contributed by atoms with Gasteiger partial charge in [-0.25, -0.2) is 4.79 Å². The predicted octanol–water partition coefficient (Wildman–Crippen LogP) is -5.02. The van der Waals surface area contributed by atoms with Crippen LogP contribution in [-0.4, -0.2) is 40.1 Å². The van der Waals surface area contributed by atoms with Crippen LogP contribution in [0.5, 0.6) is 0 Å². The zero-order valence-corrected chi connectivity index (χ0v) is 11.0. The molecule has 14 heavy (non-hydrogen) atoms. The van der Waals surface area contributed by atoms with Gasteiger partial charge in [0.1, 0.15) is 12.2 Å². The number of hydrogen-bond acceptors (Lipinski definition) is 6. The van der Waals surface area contributed by atoms with E-state index >= 15 is 0 Å². The molecule has 0 saturated heterocycles. The first-order valence-electron chi connectivity index (χ1n) is 3.18. The van der Waals surface area contributed by atoms with Crippen LogP contribution in [0.4, 0.5) is 0 Å². The summed E-state index contributed by atoms with van der Waals surface area (Å²) in [6.07, 6.45) is -2.95. The van der Waals surface area contributed by atoms with Crippen LogP contribution in [0.1, 0.15) is 0 Å². The second kappa shape index (κ2) is 6.65. The topological polar surface area (TPSA) is 110 Å². The minimum Gasteiger partial charge on any atom is -0.870 e. The third kappa shape index (κ3) is 3.11. The Morgan fingerprint density at radius 2 is 2.07 bits per heavy atom. The number of aliphatic hydroxyl groups excluding tert-OH is 3. The van der Waals surface area contributed by atoms with Crippen molar-refractivity contribution in [3.05, 3.63) is 11.5 Å². The molecule has 1 heterocycles. The molecule has 0 radical (unpaired) electrons. The summed E-state index contributed by atoms with van der Waals surface area (Å²) in [6, 6.07) is 0. The monoisotopic (exact) mass is 278 g/mol. The molecule has 0 bridgehead atoms. The van der Waals surface area contributed by atoms with E-state index in [1.807, 2.05) is 0 Å². The van der Waals surface area contributed by atoms with Crippen LogP contribution >= 0.6 is 17.0 Å². The number of carbonyl (C=O) groups excluding carboxylic acids is 1. The smallest absolute Gasteiger partial charge is 0.870 e. The van der Waals surface area contributed by atoms with Crippen LogP contribution < -0.4 is 34.7 Å². The number of hydrogen-bond donors (Lipinski definition) is 3. The van der Waals surface area contributed by atoms with Gasteiger partial charge in [-0.05, 0) is 5.76 Å². The van der Waals surface area contributed by atoms with Crippen LogP contribution in [0.3, 0.4) is 0 Å². The molecule has 0 aromatic rings. The van der Waals surface area contributed by atoms with Crippen molar-refractivity contribution in [3.63, 3.8) is 0 Å². The first-order chi connectivity index (χ1) is 5.57. The van der Waals surface area contributed by atoms with Gasteiger partial charge in [0.2, 0.25) is 0 Å². The summed E-state index contributed by atoms with van der Waals surface area (Å²) < 4.78 is 4.25. The Labute approximate surface area is 112 Å². The van der Waals surface area contributed by atoms with E-state index in [4.69, 9.17) is 15.3 Å². The fourth-order valence-electron chi connectivity index (χ4n) is 0.809. The van der Waals surface area contributed by atoms with E-state index in [2.05, 4.69) is 4.74 Å². The molecular formula is C6H8BrNaO6. The van der Waals surface area contributed by atoms with Gasteiger partial charge < -0.3 is 25.2 Å². The van der Waals surface area contributed by atoms with E-state index in [-0.39, 0.29) is 46.5 Å². The number of halogens is 1. The summed E-state index contributed by atoms with van der Waals surface area (Å²) in [6.45, 7) is -0.711. The van der Waals surface area contributed by atoms with Gasteiger partial charge >= 0.3 is 35.5 Å². The minimum atomic E-state index is -1.48. The first kappa shape index (κ1) is 16.6. The third-order valence-electron chi connectivity index (χ3n) is 1.46. The molecule has 1 aliphatic heterocycles. The molecule has 0 unspecified atom stereocenters. The van der Waals surface area contributed by atoms with Crippen molar-refractivity contribution in [2.75, 3.05) is 6.61 Å². The van der Waals surface area contributed by atoms with Gasteiger partial charge in [-0.15, -0.1) is 17.0 Å². The van der Waals surface area contributed by atoms with Crippen LogP contribution in [0.25, 0.3) is 0 Å². The fourth-order valence-corrected chi connectivity index (χ4v) is 0.809. The molecule has 0 fully saturated rings. The van der Waals surface area contributed by atoms with Crippen molar-refractivity contribution in [1.82, 2.24) is 0 Å². The van der Waals surface area contributed by atoms with E-state index in [0.29, 0.717) is 0 Å². The summed E-state index contributed by atoms with van der Waals surface area (Å²) in [5.41, 5.74) is 0. The number of esters is 1. The van der Waals surface area contributed by atoms with Crippen LogP contribution in [0.2, 0.25) is 0 Å². The Kier molecular flexibility index (Phi) is 7.90. The molecule has 1 aliphatic rings. The molecule has 2 atom stereocenters. The molecule has 0 aromatic heterocycles. The second-order valence-corrected chi connectivity index (χ2v) is 2.29. The van der Waals surface area contributed by atoms with E-state index in [0.717, 1.165) is 0 Å². The first-order valence-corrected chi connectivity index (χ1v) is 3.18. The molecule has 76 valence electrons. The van der Waals surface area contributed by atoms with Gasteiger partial charge in [0.05, 0.1) is 6.61 Å². The van der Waals surface area contributed by atoms with Crippen LogP contribution in [0.15, 0.2) is 11.5 Å². The summed E-state index contributed by atoms with van der Waals surface area (Å²) in [5, 5.41) is 36.8. The van der Waals surface area contributed by atoms with E-state index < -0.39 is 36.3 Å². The number of rotatable bonds is 2. The SMILES string of the molecule is Br.O=C1O[C@H]([C@@H](O)CO)C([O-])=C1O.[Na+]. The zero-order valence-electron chi connectivity index (χ0n) is 7.34. The third-order valence-corrected chi connectivity index (χ3v) is 1.46. The molecule has 0 saturated carbocycles. The normalized spacial score (nSPS) is 22.1. The Balaban J connectivity index is 0. The Bertz CT molecular complexity index is 242.